The number of benzene rings is 1. The van der Waals surface area contributed by atoms with Gasteiger partial charge < -0.3 is 15.4 Å². The van der Waals surface area contributed by atoms with Crippen molar-refractivity contribution >= 4 is 28.3 Å². The van der Waals surface area contributed by atoms with E-state index in [4.69, 9.17) is 4.74 Å². The van der Waals surface area contributed by atoms with E-state index in [1.54, 1.807) is 25.3 Å². The van der Waals surface area contributed by atoms with Crippen LogP contribution in [0.25, 0.3) is 0 Å². The number of likely N-dealkylation sites (N-methyl/N-ethyl adjacent to an activating group) is 1. The molecule has 0 aliphatic carbocycles. The first-order chi connectivity index (χ1) is 10.5. The van der Waals surface area contributed by atoms with Crippen LogP contribution in [0.2, 0.25) is 0 Å². The highest BCUT2D eigenvalue weighted by atomic mass is 35.5. The van der Waals surface area contributed by atoms with Crippen molar-refractivity contribution in [2.45, 2.75) is 4.90 Å². The monoisotopic (exact) mass is 365 g/mol. The molecule has 23 heavy (non-hydrogen) atoms. The van der Waals surface area contributed by atoms with E-state index in [1.807, 2.05) is 0 Å². The van der Waals surface area contributed by atoms with E-state index in [1.165, 1.54) is 19.2 Å². The molecular weight excluding hydrogens is 342 g/mol. The van der Waals surface area contributed by atoms with Gasteiger partial charge in [0.25, 0.3) is 0 Å². The highest BCUT2D eigenvalue weighted by molar-refractivity contribution is 7.89. The molecule has 0 bridgehead atoms. The van der Waals surface area contributed by atoms with Crippen LogP contribution in [-0.2, 0) is 19.6 Å². The number of nitrogens with one attached hydrogen (secondary N) is 2. The van der Waals surface area contributed by atoms with Crippen molar-refractivity contribution in [3.05, 3.63) is 30.3 Å². The molecule has 0 unspecified atom stereocenters. The Morgan fingerprint density at radius 2 is 1.83 bits per heavy atom. The lowest BCUT2D eigenvalue weighted by molar-refractivity contribution is -0.121. The zero-order valence-electron chi connectivity index (χ0n) is 13.3. The summed E-state index contributed by atoms with van der Waals surface area (Å²) in [7, 11) is -0.631. The summed E-state index contributed by atoms with van der Waals surface area (Å²) >= 11 is 0. The fourth-order valence-corrected chi connectivity index (χ4v) is 2.85. The number of nitrogens with zero attached hydrogens (tertiary/aromatic N) is 1. The number of methoxy groups -OCH3 is 1. The molecule has 0 aliphatic rings. The van der Waals surface area contributed by atoms with Crippen molar-refractivity contribution in [3.8, 4) is 0 Å². The van der Waals surface area contributed by atoms with Gasteiger partial charge in [0.2, 0.25) is 15.9 Å². The first-order valence-electron chi connectivity index (χ1n) is 6.96. The second-order valence-corrected chi connectivity index (χ2v) is 6.71. The Labute approximate surface area is 143 Å². The molecule has 0 radical (unpaired) electrons. The summed E-state index contributed by atoms with van der Waals surface area (Å²) in [6.07, 6.45) is 0. The number of carbonyl (C=O) groups excluding carboxylic acids is 1. The van der Waals surface area contributed by atoms with Crippen LogP contribution >= 0.6 is 12.4 Å². The number of rotatable bonds is 10. The van der Waals surface area contributed by atoms with Gasteiger partial charge in [0, 0.05) is 33.8 Å². The molecule has 7 nitrogen and oxygen atoms in total. The topological polar surface area (TPSA) is 87.7 Å². The first kappa shape index (κ1) is 21.8. The Hall–Kier alpha value is -1.19. The van der Waals surface area contributed by atoms with E-state index in [9.17, 15) is 13.2 Å². The maximum Gasteiger partial charge on any atom is 0.243 e. The molecule has 1 amide bonds. The van der Waals surface area contributed by atoms with Crippen LogP contribution in [0.3, 0.4) is 0 Å². The SMILES string of the molecule is COCCNCCNC(=O)CN(C)S(=O)(=O)c1ccccc1.Cl. The molecule has 1 aromatic rings. The lowest BCUT2D eigenvalue weighted by Crippen LogP contribution is -2.40. The molecule has 0 saturated heterocycles. The van der Waals surface area contributed by atoms with Gasteiger partial charge in [-0.3, -0.25) is 4.79 Å². The third kappa shape index (κ3) is 7.76. The Bertz CT molecular complexity index is 554. The minimum atomic E-state index is -3.64. The molecule has 0 aromatic heterocycles. The van der Waals surface area contributed by atoms with Crippen molar-refractivity contribution in [2.24, 2.45) is 0 Å². The second-order valence-electron chi connectivity index (χ2n) is 4.67. The molecule has 0 fully saturated rings. The Kier molecular flexibility index (Phi) is 10.8. The normalized spacial score (nSPS) is 11.1. The van der Waals surface area contributed by atoms with E-state index >= 15 is 0 Å². The van der Waals surface area contributed by atoms with E-state index in [2.05, 4.69) is 10.6 Å². The summed E-state index contributed by atoms with van der Waals surface area (Å²) in [5.41, 5.74) is 0. The number of ether oxygens (including phenoxy) is 1. The number of amides is 1. The molecular formula is C14H24ClN3O4S. The maximum absolute atomic E-state index is 12.2. The Morgan fingerprint density at radius 1 is 1.17 bits per heavy atom. The molecule has 2 N–H and O–H groups in total. The Balaban J connectivity index is 0.00000484. The van der Waals surface area contributed by atoms with Gasteiger partial charge in [-0.2, -0.15) is 4.31 Å². The van der Waals surface area contributed by atoms with Crippen LogP contribution in [0.4, 0.5) is 0 Å². The van der Waals surface area contributed by atoms with Crippen LogP contribution in [0, 0.1) is 0 Å². The largest absolute Gasteiger partial charge is 0.383 e. The minimum absolute atomic E-state index is 0. The zero-order chi connectivity index (χ0) is 16.4. The van der Waals surface area contributed by atoms with Gasteiger partial charge in [-0.1, -0.05) is 18.2 Å². The standard InChI is InChI=1S/C14H23N3O4S.ClH/c1-17(22(19,20)13-6-4-3-5-7-13)12-14(18)16-9-8-15-10-11-21-2;/h3-7,15H,8-12H2,1-2H3,(H,16,18);1H. The summed E-state index contributed by atoms with van der Waals surface area (Å²) in [5, 5.41) is 5.75. The van der Waals surface area contributed by atoms with Gasteiger partial charge in [-0.25, -0.2) is 8.42 Å². The third-order valence-electron chi connectivity index (χ3n) is 2.92. The number of carbonyl (C=O) groups is 1. The maximum atomic E-state index is 12.2. The van der Waals surface area contributed by atoms with E-state index in [0.717, 1.165) is 4.31 Å². The quantitative estimate of drug-likeness (QED) is 0.573. The van der Waals surface area contributed by atoms with Crippen LogP contribution in [0.15, 0.2) is 35.2 Å². The average molecular weight is 366 g/mol. The summed E-state index contributed by atoms with van der Waals surface area (Å²) in [6.45, 7) is 2.13. The first-order valence-corrected chi connectivity index (χ1v) is 8.40. The zero-order valence-corrected chi connectivity index (χ0v) is 15.0. The number of halogens is 1. The fraction of sp³-hybridized carbons (Fsp3) is 0.500. The van der Waals surface area contributed by atoms with Gasteiger partial charge in [0.15, 0.2) is 0 Å². The van der Waals surface area contributed by atoms with E-state index in [0.29, 0.717) is 26.2 Å². The lowest BCUT2D eigenvalue weighted by Gasteiger charge is -2.16. The van der Waals surface area contributed by atoms with Gasteiger partial charge in [0.05, 0.1) is 18.0 Å². The van der Waals surface area contributed by atoms with Crippen LogP contribution in [0.1, 0.15) is 0 Å². The lowest BCUT2D eigenvalue weighted by atomic mass is 10.4. The average Bonchev–Trinajstić information content (AvgIpc) is 2.51. The van der Waals surface area contributed by atoms with Crippen molar-refractivity contribution in [3.63, 3.8) is 0 Å². The summed E-state index contributed by atoms with van der Waals surface area (Å²) < 4.78 is 30.4. The van der Waals surface area contributed by atoms with Gasteiger partial charge >= 0.3 is 0 Å². The smallest absolute Gasteiger partial charge is 0.243 e. The molecule has 0 spiro atoms. The highest BCUT2D eigenvalue weighted by Gasteiger charge is 2.22. The van der Waals surface area contributed by atoms with Gasteiger partial charge in [0.1, 0.15) is 0 Å². The summed E-state index contributed by atoms with van der Waals surface area (Å²) in [5.74, 6) is -0.337. The van der Waals surface area contributed by atoms with Crippen molar-refractivity contribution < 1.29 is 17.9 Å². The molecule has 1 rings (SSSR count). The van der Waals surface area contributed by atoms with Gasteiger partial charge in [-0.05, 0) is 12.1 Å². The van der Waals surface area contributed by atoms with Crippen molar-refractivity contribution in [1.29, 1.82) is 0 Å². The van der Waals surface area contributed by atoms with Crippen LogP contribution in [-0.4, -0.2) is 65.6 Å². The number of hydrogen-bond donors (Lipinski definition) is 2. The molecule has 0 aliphatic heterocycles. The third-order valence-corrected chi connectivity index (χ3v) is 4.74. The van der Waals surface area contributed by atoms with Crippen molar-refractivity contribution in [1.82, 2.24) is 14.9 Å². The summed E-state index contributed by atoms with van der Waals surface area (Å²) in [6, 6.07) is 8.04. The van der Waals surface area contributed by atoms with E-state index < -0.39 is 10.0 Å². The molecule has 0 saturated carbocycles. The molecule has 1 aromatic carbocycles. The van der Waals surface area contributed by atoms with Crippen LogP contribution in [0.5, 0.6) is 0 Å². The second kappa shape index (κ2) is 11.4. The molecule has 9 heteroatoms. The van der Waals surface area contributed by atoms with Gasteiger partial charge in [-0.15, -0.1) is 12.4 Å². The van der Waals surface area contributed by atoms with E-state index in [-0.39, 0.29) is 29.8 Å². The molecule has 132 valence electrons. The highest BCUT2D eigenvalue weighted by Crippen LogP contribution is 2.12. The predicted molar refractivity (Wildman–Crippen MR) is 91.3 cm³/mol. The number of hydrogen-bond acceptors (Lipinski definition) is 5. The predicted octanol–water partition coefficient (Wildman–Crippen LogP) is 0.0811. The fourth-order valence-electron chi connectivity index (χ4n) is 1.71. The number of sulfonamides is 1. The summed E-state index contributed by atoms with van der Waals surface area (Å²) in [4.78, 5) is 11.9. The molecule has 0 atom stereocenters. The van der Waals surface area contributed by atoms with Crippen LogP contribution < -0.4 is 10.6 Å². The Morgan fingerprint density at radius 3 is 2.43 bits per heavy atom. The molecule has 0 heterocycles. The minimum Gasteiger partial charge on any atom is -0.383 e. The van der Waals surface area contributed by atoms with Crippen molar-refractivity contribution in [2.75, 3.05) is 46.9 Å².